The molecule has 104 valence electrons. The average molecular weight is 413 g/mol. The lowest BCUT2D eigenvalue weighted by Gasteiger charge is -2.16. The molecule has 0 aliphatic carbocycles. The third-order valence-corrected chi connectivity index (χ3v) is 6.23. The number of likely N-dealkylation sites (N-methyl/N-ethyl adjacent to an activating group) is 1. The van der Waals surface area contributed by atoms with E-state index >= 15 is 0 Å². The normalized spacial score (nSPS) is 12.9. The van der Waals surface area contributed by atoms with E-state index in [-0.39, 0.29) is 0 Å². The Morgan fingerprint density at radius 2 is 1.95 bits per heavy atom. The summed E-state index contributed by atoms with van der Waals surface area (Å²) in [5.74, 6) is 0. The molecule has 1 N–H and O–H groups in total. The second kappa shape index (κ2) is 6.56. The Hall–Kier alpha value is -0.430. The zero-order valence-corrected chi connectivity index (χ0v) is 15.0. The van der Waals surface area contributed by atoms with Gasteiger partial charge in [-0.25, -0.2) is 0 Å². The van der Waals surface area contributed by atoms with Gasteiger partial charge in [0.15, 0.2) is 0 Å². The lowest BCUT2D eigenvalue weighted by Crippen LogP contribution is -2.22. The van der Waals surface area contributed by atoms with Crippen LogP contribution in [0, 0.1) is 3.57 Å². The fourth-order valence-electron chi connectivity index (χ4n) is 2.33. The van der Waals surface area contributed by atoms with E-state index < -0.39 is 0 Å². The Labute approximate surface area is 141 Å². The minimum absolute atomic E-state index is 0.421. The van der Waals surface area contributed by atoms with E-state index in [1.165, 1.54) is 23.4 Å². The predicted molar refractivity (Wildman–Crippen MR) is 99.0 cm³/mol. The van der Waals surface area contributed by atoms with Crippen molar-refractivity contribution in [2.75, 3.05) is 6.54 Å². The quantitative estimate of drug-likeness (QED) is 0.548. The van der Waals surface area contributed by atoms with Crippen molar-refractivity contribution in [1.82, 2.24) is 5.32 Å². The number of hydrogen-bond acceptors (Lipinski definition) is 3. The molecule has 3 aromatic rings. The summed E-state index contributed by atoms with van der Waals surface area (Å²) in [6.07, 6.45) is 1.05. The number of rotatable bonds is 5. The highest BCUT2D eigenvalue weighted by Gasteiger charge is 2.14. The van der Waals surface area contributed by atoms with Crippen LogP contribution in [0.25, 0.3) is 9.40 Å². The first-order chi connectivity index (χ1) is 9.76. The number of benzene rings is 1. The second-order valence-corrected chi connectivity index (χ2v) is 8.05. The second-order valence-electron chi connectivity index (χ2n) is 4.74. The van der Waals surface area contributed by atoms with Crippen molar-refractivity contribution < 1.29 is 0 Å². The molecule has 1 nitrogen and oxygen atoms in total. The van der Waals surface area contributed by atoms with Crippen LogP contribution in [0.15, 0.2) is 41.8 Å². The number of halogens is 1. The lowest BCUT2D eigenvalue weighted by atomic mass is 10.0. The van der Waals surface area contributed by atoms with E-state index in [1.54, 1.807) is 0 Å². The third kappa shape index (κ3) is 3.24. The summed E-state index contributed by atoms with van der Waals surface area (Å²) >= 11 is 6.11. The van der Waals surface area contributed by atoms with Gasteiger partial charge in [0.25, 0.3) is 0 Å². The molecule has 0 fully saturated rings. The molecule has 1 unspecified atom stereocenters. The zero-order chi connectivity index (χ0) is 13.9. The molecule has 4 heteroatoms. The van der Waals surface area contributed by atoms with Crippen LogP contribution in [-0.4, -0.2) is 6.54 Å². The van der Waals surface area contributed by atoms with Crippen LogP contribution in [0.1, 0.15) is 23.4 Å². The predicted octanol–water partition coefficient (Wildman–Crippen LogP) is 5.46. The van der Waals surface area contributed by atoms with Crippen LogP contribution in [-0.2, 0) is 6.42 Å². The molecule has 2 aromatic heterocycles. The smallest absolute Gasteiger partial charge is 0.0456 e. The maximum Gasteiger partial charge on any atom is 0.0456 e. The van der Waals surface area contributed by atoms with Crippen LogP contribution in [0.5, 0.6) is 0 Å². The molecule has 3 rings (SSSR count). The van der Waals surface area contributed by atoms with E-state index in [2.05, 4.69) is 76.6 Å². The molecule has 0 saturated carbocycles. The average Bonchev–Trinajstić information content (AvgIpc) is 3.01. The fourth-order valence-corrected chi connectivity index (χ4v) is 4.89. The first-order valence-corrected chi connectivity index (χ1v) is 9.48. The van der Waals surface area contributed by atoms with Crippen LogP contribution in [0.2, 0.25) is 0 Å². The summed E-state index contributed by atoms with van der Waals surface area (Å²) in [7, 11) is 0. The Kier molecular flexibility index (Phi) is 4.75. The van der Waals surface area contributed by atoms with Crippen molar-refractivity contribution in [2.24, 2.45) is 0 Å². The monoisotopic (exact) mass is 413 g/mol. The largest absolute Gasteiger partial charge is 0.309 e. The summed E-state index contributed by atoms with van der Waals surface area (Å²) in [5.41, 5.74) is 1.40. The summed E-state index contributed by atoms with van der Waals surface area (Å²) in [4.78, 5) is 1.45. The van der Waals surface area contributed by atoms with Crippen LogP contribution in [0.4, 0.5) is 0 Å². The number of thiophene rings is 2. The van der Waals surface area contributed by atoms with Gasteiger partial charge in [-0.3, -0.25) is 0 Å². The molecular weight excluding hydrogens is 397 g/mol. The molecule has 0 aliphatic rings. The van der Waals surface area contributed by atoms with Crippen LogP contribution < -0.4 is 5.32 Å². The topological polar surface area (TPSA) is 12.0 Å². The van der Waals surface area contributed by atoms with Crippen molar-refractivity contribution in [2.45, 2.75) is 19.4 Å². The molecule has 0 amide bonds. The molecule has 0 bridgehead atoms. The zero-order valence-electron chi connectivity index (χ0n) is 11.2. The van der Waals surface area contributed by atoms with Gasteiger partial charge in [0, 0.05) is 23.9 Å². The Morgan fingerprint density at radius 3 is 2.65 bits per heavy atom. The van der Waals surface area contributed by atoms with Gasteiger partial charge in [-0.05, 0) is 70.8 Å². The Balaban J connectivity index is 1.84. The molecule has 0 radical (unpaired) electrons. The Morgan fingerprint density at radius 1 is 1.15 bits per heavy atom. The van der Waals surface area contributed by atoms with Gasteiger partial charge in [-0.15, -0.1) is 22.7 Å². The van der Waals surface area contributed by atoms with Gasteiger partial charge in [0.1, 0.15) is 0 Å². The molecule has 0 aliphatic heterocycles. The van der Waals surface area contributed by atoms with Crippen molar-refractivity contribution in [3.05, 3.63) is 55.8 Å². The van der Waals surface area contributed by atoms with Crippen LogP contribution in [0.3, 0.4) is 0 Å². The van der Waals surface area contributed by atoms with Gasteiger partial charge < -0.3 is 5.32 Å². The summed E-state index contributed by atoms with van der Waals surface area (Å²) < 4.78 is 4.12. The third-order valence-electron chi connectivity index (χ3n) is 3.31. The lowest BCUT2D eigenvalue weighted by molar-refractivity contribution is 0.558. The van der Waals surface area contributed by atoms with E-state index in [1.807, 2.05) is 22.7 Å². The molecule has 2 heterocycles. The SMILES string of the molecule is CCNC(Cc1ccc(I)cc1)c1cc2sccc2s1. The Bertz CT molecular complexity index is 655. The number of hydrogen-bond donors (Lipinski definition) is 1. The molecule has 1 atom stereocenters. The maximum absolute atomic E-state index is 3.63. The molecule has 1 aromatic carbocycles. The highest BCUT2D eigenvalue weighted by atomic mass is 127. The minimum Gasteiger partial charge on any atom is -0.309 e. The number of fused-ring (bicyclic) bond motifs is 1. The summed E-state index contributed by atoms with van der Waals surface area (Å²) in [6, 6.07) is 13.8. The molecular formula is C16H16INS2. The van der Waals surface area contributed by atoms with Gasteiger partial charge >= 0.3 is 0 Å². The van der Waals surface area contributed by atoms with Crippen molar-refractivity contribution in [3.63, 3.8) is 0 Å². The van der Waals surface area contributed by atoms with Crippen molar-refractivity contribution >= 4 is 54.7 Å². The van der Waals surface area contributed by atoms with E-state index in [9.17, 15) is 0 Å². The van der Waals surface area contributed by atoms with E-state index in [0.717, 1.165) is 13.0 Å². The first kappa shape index (κ1) is 14.5. The van der Waals surface area contributed by atoms with E-state index in [0.29, 0.717) is 6.04 Å². The summed E-state index contributed by atoms with van der Waals surface area (Å²) in [5, 5.41) is 5.80. The van der Waals surface area contributed by atoms with Crippen molar-refractivity contribution in [1.29, 1.82) is 0 Å². The molecule has 0 spiro atoms. The number of nitrogens with one attached hydrogen (secondary N) is 1. The van der Waals surface area contributed by atoms with Gasteiger partial charge in [0.2, 0.25) is 0 Å². The molecule has 20 heavy (non-hydrogen) atoms. The van der Waals surface area contributed by atoms with Crippen molar-refractivity contribution in [3.8, 4) is 0 Å². The van der Waals surface area contributed by atoms with Gasteiger partial charge in [0.05, 0.1) is 0 Å². The minimum atomic E-state index is 0.421. The van der Waals surface area contributed by atoms with Crippen LogP contribution >= 0.6 is 45.3 Å². The highest BCUT2D eigenvalue weighted by Crippen LogP contribution is 2.34. The van der Waals surface area contributed by atoms with Gasteiger partial charge in [-0.2, -0.15) is 0 Å². The first-order valence-electron chi connectivity index (χ1n) is 6.71. The summed E-state index contributed by atoms with van der Waals surface area (Å²) in [6.45, 7) is 3.18. The maximum atomic E-state index is 3.63. The van der Waals surface area contributed by atoms with E-state index in [4.69, 9.17) is 0 Å². The highest BCUT2D eigenvalue weighted by molar-refractivity contribution is 14.1. The standard InChI is InChI=1S/C16H16INS2/c1-2-18-13(9-11-3-5-12(17)6-4-11)15-10-16-14(20-15)7-8-19-16/h3-8,10,13,18H,2,9H2,1H3. The van der Waals surface area contributed by atoms with Gasteiger partial charge in [-0.1, -0.05) is 19.1 Å². The fraction of sp³-hybridized carbons (Fsp3) is 0.250. The molecule has 0 saturated heterocycles.